The molecular weight excluding hydrogens is 384 g/mol. The number of hydrogen-bond donors (Lipinski definition) is 1. The van der Waals surface area contributed by atoms with Crippen LogP contribution >= 0.6 is 11.6 Å². The van der Waals surface area contributed by atoms with Crippen LogP contribution in [0.1, 0.15) is 36.5 Å². The summed E-state index contributed by atoms with van der Waals surface area (Å²) in [6.07, 6.45) is 7.26. The molecule has 1 saturated heterocycles. The Kier molecular flexibility index (Phi) is 6.07. The number of amides is 1. The molecule has 4 rings (SSSR count). The highest BCUT2D eigenvalue weighted by Gasteiger charge is 2.19. The van der Waals surface area contributed by atoms with Crippen molar-refractivity contribution < 1.29 is 4.79 Å². The second-order valence-electron chi connectivity index (χ2n) is 7.69. The molecule has 1 amide bonds. The Bertz CT molecular complexity index is 1000. The standard InChI is InChI=1S/C23H25ClN4O/c1-16(15-28-10-3-2-4-11-28)26-23(29)20-13-22(17-6-5-9-25-14-17)27-21-8-7-18(24)12-19(20)21/h5-9,12-14,16H,2-4,10-11,15H2,1H3,(H,26,29). The Hall–Kier alpha value is -2.50. The topological polar surface area (TPSA) is 58.1 Å². The van der Waals surface area contributed by atoms with Crippen molar-refractivity contribution in [2.75, 3.05) is 19.6 Å². The number of pyridine rings is 2. The third-order valence-corrected chi connectivity index (χ3v) is 5.57. The molecule has 0 spiro atoms. The molecule has 1 aliphatic rings. The Morgan fingerprint density at radius 3 is 2.79 bits per heavy atom. The predicted octanol–water partition coefficient (Wildman–Crippen LogP) is 4.55. The first-order chi connectivity index (χ1) is 14.1. The zero-order valence-electron chi connectivity index (χ0n) is 16.6. The maximum absolute atomic E-state index is 13.2. The summed E-state index contributed by atoms with van der Waals surface area (Å²) in [5.74, 6) is -0.102. The van der Waals surface area contributed by atoms with Crippen molar-refractivity contribution in [3.8, 4) is 11.3 Å². The quantitative estimate of drug-likeness (QED) is 0.672. The molecule has 1 aliphatic heterocycles. The first-order valence-electron chi connectivity index (χ1n) is 10.1. The Balaban J connectivity index is 1.63. The van der Waals surface area contributed by atoms with Gasteiger partial charge in [0.05, 0.1) is 16.8 Å². The molecule has 0 radical (unpaired) electrons. The lowest BCUT2D eigenvalue weighted by molar-refractivity contribution is 0.0927. The zero-order chi connectivity index (χ0) is 20.2. The third-order valence-electron chi connectivity index (χ3n) is 5.33. The van der Waals surface area contributed by atoms with Crippen molar-refractivity contribution in [3.63, 3.8) is 0 Å². The van der Waals surface area contributed by atoms with Gasteiger partial charge in [-0.25, -0.2) is 4.98 Å². The van der Waals surface area contributed by atoms with E-state index in [1.165, 1.54) is 19.3 Å². The van der Waals surface area contributed by atoms with Crippen molar-refractivity contribution in [1.29, 1.82) is 0 Å². The average molecular weight is 409 g/mol. The van der Waals surface area contributed by atoms with Crippen molar-refractivity contribution in [3.05, 3.63) is 59.4 Å². The largest absolute Gasteiger partial charge is 0.348 e. The van der Waals surface area contributed by atoms with Crippen LogP contribution < -0.4 is 5.32 Å². The van der Waals surface area contributed by atoms with Gasteiger partial charge in [-0.15, -0.1) is 0 Å². The van der Waals surface area contributed by atoms with Gasteiger partial charge < -0.3 is 10.2 Å². The maximum atomic E-state index is 13.2. The summed E-state index contributed by atoms with van der Waals surface area (Å²) < 4.78 is 0. The summed E-state index contributed by atoms with van der Waals surface area (Å²) >= 11 is 6.21. The molecule has 0 saturated carbocycles. The number of likely N-dealkylation sites (tertiary alicyclic amines) is 1. The monoisotopic (exact) mass is 408 g/mol. The zero-order valence-corrected chi connectivity index (χ0v) is 17.3. The summed E-state index contributed by atoms with van der Waals surface area (Å²) in [6.45, 7) is 5.15. The highest BCUT2D eigenvalue weighted by atomic mass is 35.5. The van der Waals surface area contributed by atoms with Gasteiger partial charge in [-0.2, -0.15) is 0 Å². The number of benzene rings is 1. The lowest BCUT2D eigenvalue weighted by atomic mass is 10.0. The van der Waals surface area contributed by atoms with Crippen molar-refractivity contribution in [1.82, 2.24) is 20.2 Å². The highest BCUT2D eigenvalue weighted by molar-refractivity contribution is 6.31. The maximum Gasteiger partial charge on any atom is 0.252 e. The van der Waals surface area contributed by atoms with E-state index in [9.17, 15) is 4.79 Å². The molecule has 0 bridgehead atoms. The SMILES string of the molecule is CC(CN1CCCCC1)NC(=O)c1cc(-c2cccnc2)nc2ccc(Cl)cc12. The Morgan fingerprint density at radius 1 is 1.21 bits per heavy atom. The van der Waals surface area contributed by atoms with Crippen LogP contribution in [-0.4, -0.2) is 46.5 Å². The van der Waals surface area contributed by atoms with E-state index in [0.29, 0.717) is 10.6 Å². The summed E-state index contributed by atoms with van der Waals surface area (Å²) in [5.41, 5.74) is 2.92. The van der Waals surface area contributed by atoms with Crippen LogP contribution in [0.2, 0.25) is 5.02 Å². The van der Waals surface area contributed by atoms with E-state index in [2.05, 4.69) is 22.1 Å². The molecule has 1 unspecified atom stereocenters. The van der Waals surface area contributed by atoms with Gasteiger partial charge in [0, 0.05) is 41.0 Å². The van der Waals surface area contributed by atoms with Gasteiger partial charge in [0.25, 0.3) is 5.91 Å². The van der Waals surface area contributed by atoms with Crippen LogP contribution in [0.15, 0.2) is 48.8 Å². The van der Waals surface area contributed by atoms with Crippen LogP contribution in [0.3, 0.4) is 0 Å². The summed E-state index contributed by atoms with van der Waals surface area (Å²) in [4.78, 5) is 24.5. The number of fused-ring (bicyclic) bond motifs is 1. The molecule has 1 fully saturated rings. The Morgan fingerprint density at radius 2 is 2.03 bits per heavy atom. The number of carbonyl (C=O) groups is 1. The first kappa shape index (κ1) is 19.8. The van der Waals surface area contributed by atoms with Gasteiger partial charge in [-0.3, -0.25) is 9.78 Å². The van der Waals surface area contributed by atoms with E-state index in [4.69, 9.17) is 16.6 Å². The van der Waals surface area contributed by atoms with E-state index in [-0.39, 0.29) is 11.9 Å². The predicted molar refractivity (Wildman–Crippen MR) is 117 cm³/mol. The molecule has 5 nitrogen and oxygen atoms in total. The Labute approximate surface area is 176 Å². The molecule has 1 N–H and O–H groups in total. The fraction of sp³-hybridized carbons (Fsp3) is 0.348. The van der Waals surface area contributed by atoms with Crippen LogP contribution in [0.25, 0.3) is 22.2 Å². The number of nitrogens with zero attached hydrogens (tertiary/aromatic N) is 3. The normalized spacial score (nSPS) is 15.9. The molecular formula is C23H25ClN4O. The number of carbonyl (C=O) groups excluding carboxylic acids is 1. The van der Waals surface area contributed by atoms with E-state index < -0.39 is 0 Å². The number of hydrogen-bond acceptors (Lipinski definition) is 4. The van der Waals surface area contributed by atoms with E-state index in [1.807, 2.05) is 24.3 Å². The van der Waals surface area contributed by atoms with E-state index in [0.717, 1.165) is 41.8 Å². The van der Waals surface area contributed by atoms with Crippen molar-refractivity contribution in [2.24, 2.45) is 0 Å². The van der Waals surface area contributed by atoms with Gasteiger partial charge in [0.1, 0.15) is 0 Å². The number of nitrogens with one attached hydrogen (secondary N) is 1. The highest BCUT2D eigenvalue weighted by Crippen LogP contribution is 2.27. The van der Waals surface area contributed by atoms with Gasteiger partial charge in [-0.1, -0.05) is 18.0 Å². The van der Waals surface area contributed by atoms with Gasteiger partial charge in [0.2, 0.25) is 0 Å². The minimum Gasteiger partial charge on any atom is -0.348 e. The molecule has 29 heavy (non-hydrogen) atoms. The lowest BCUT2D eigenvalue weighted by Crippen LogP contribution is -2.43. The van der Waals surface area contributed by atoms with Crippen LogP contribution in [-0.2, 0) is 0 Å². The summed E-state index contributed by atoms with van der Waals surface area (Å²) in [5, 5.41) is 4.51. The second kappa shape index (κ2) is 8.89. The van der Waals surface area contributed by atoms with Crippen LogP contribution in [0.5, 0.6) is 0 Å². The fourth-order valence-corrected chi connectivity index (χ4v) is 4.10. The molecule has 1 atom stereocenters. The molecule has 6 heteroatoms. The minimum absolute atomic E-state index is 0.0600. The molecule has 1 aromatic carbocycles. The second-order valence-corrected chi connectivity index (χ2v) is 8.13. The molecule has 3 aromatic rings. The molecule has 150 valence electrons. The van der Waals surface area contributed by atoms with Crippen LogP contribution in [0, 0.1) is 0 Å². The van der Waals surface area contributed by atoms with Gasteiger partial charge in [0.15, 0.2) is 0 Å². The molecule has 0 aliphatic carbocycles. The number of rotatable bonds is 5. The summed E-state index contributed by atoms with van der Waals surface area (Å²) in [7, 11) is 0. The number of piperidine rings is 1. The lowest BCUT2D eigenvalue weighted by Gasteiger charge is -2.29. The molecule has 2 aromatic heterocycles. The van der Waals surface area contributed by atoms with Crippen molar-refractivity contribution >= 4 is 28.4 Å². The van der Waals surface area contributed by atoms with Gasteiger partial charge in [-0.05, 0) is 69.3 Å². The number of aromatic nitrogens is 2. The van der Waals surface area contributed by atoms with Crippen LogP contribution in [0.4, 0.5) is 0 Å². The smallest absolute Gasteiger partial charge is 0.252 e. The number of halogens is 1. The fourth-order valence-electron chi connectivity index (χ4n) is 3.92. The minimum atomic E-state index is -0.102. The first-order valence-corrected chi connectivity index (χ1v) is 10.5. The third kappa shape index (κ3) is 4.74. The van der Waals surface area contributed by atoms with E-state index >= 15 is 0 Å². The van der Waals surface area contributed by atoms with E-state index in [1.54, 1.807) is 24.5 Å². The molecule has 3 heterocycles. The van der Waals surface area contributed by atoms with Crippen molar-refractivity contribution in [2.45, 2.75) is 32.2 Å². The average Bonchev–Trinajstić information content (AvgIpc) is 2.74. The van der Waals surface area contributed by atoms with Gasteiger partial charge >= 0.3 is 0 Å². The summed E-state index contributed by atoms with van der Waals surface area (Å²) in [6, 6.07) is 11.2.